The van der Waals surface area contributed by atoms with Gasteiger partial charge in [-0.2, -0.15) is 0 Å². The first kappa shape index (κ1) is 18.5. The minimum absolute atomic E-state index is 0.0129. The highest BCUT2D eigenvalue weighted by Gasteiger charge is 2.14. The number of ether oxygens (including phenoxy) is 1. The van der Waals surface area contributed by atoms with Crippen molar-refractivity contribution in [3.05, 3.63) is 59.1 Å². The van der Waals surface area contributed by atoms with E-state index in [0.29, 0.717) is 17.3 Å². The molecule has 0 atom stereocenters. The van der Waals surface area contributed by atoms with Crippen LogP contribution in [0.15, 0.2) is 48.5 Å². The van der Waals surface area contributed by atoms with Crippen molar-refractivity contribution in [1.29, 1.82) is 0 Å². The van der Waals surface area contributed by atoms with E-state index in [1.54, 1.807) is 24.3 Å². The van der Waals surface area contributed by atoms with Gasteiger partial charge in [0.1, 0.15) is 5.75 Å². The van der Waals surface area contributed by atoms with Crippen molar-refractivity contribution >= 4 is 23.2 Å². The fraction of sp³-hybridized carbons (Fsp3) is 0.350. The summed E-state index contributed by atoms with van der Waals surface area (Å²) in [6, 6.07) is 15.3. The Morgan fingerprint density at radius 1 is 1.04 bits per heavy atom. The van der Waals surface area contributed by atoms with Crippen molar-refractivity contribution in [2.45, 2.75) is 6.54 Å². The van der Waals surface area contributed by atoms with E-state index < -0.39 is 0 Å². The number of hydrogen-bond donors (Lipinski definition) is 1. The number of halogens is 1. The number of piperazine rings is 1. The van der Waals surface area contributed by atoms with Crippen molar-refractivity contribution in [2.24, 2.45) is 0 Å². The molecule has 1 N–H and O–H groups in total. The second kappa shape index (κ2) is 8.92. The number of carbonyl (C=O) groups is 1. The molecule has 138 valence electrons. The first-order chi connectivity index (χ1) is 12.6. The van der Waals surface area contributed by atoms with Crippen LogP contribution in [0.1, 0.15) is 5.56 Å². The molecule has 0 aliphatic carbocycles. The van der Waals surface area contributed by atoms with Crippen molar-refractivity contribution in [1.82, 2.24) is 10.2 Å². The smallest absolute Gasteiger partial charge is 0.258 e. The molecule has 1 saturated heterocycles. The molecule has 3 rings (SSSR count). The summed E-state index contributed by atoms with van der Waals surface area (Å²) in [6.07, 6.45) is 0. The van der Waals surface area contributed by atoms with Crippen molar-refractivity contribution in [2.75, 3.05) is 44.7 Å². The van der Waals surface area contributed by atoms with Crippen LogP contribution >= 0.6 is 11.6 Å². The third-order valence-corrected chi connectivity index (χ3v) is 4.73. The third kappa shape index (κ3) is 5.38. The SMILES string of the molecule is CN1CCN(c2ccc(CNC(=O)COc3ccc(Cl)cc3)cc2)CC1. The predicted octanol–water partition coefficient (Wildman–Crippen LogP) is 2.79. The molecule has 0 aromatic heterocycles. The van der Waals surface area contributed by atoms with E-state index in [-0.39, 0.29) is 12.5 Å². The van der Waals surface area contributed by atoms with Gasteiger partial charge in [0.2, 0.25) is 0 Å². The van der Waals surface area contributed by atoms with Crippen molar-refractivity contribution in [3.8, 4) is 5.75 Å². The van der Waals surface area contributed by atoms with Gasteiger partial charge in [-0.3, -0.25) is 4.79 Å². The largest absolute Gasteiger partial charge is 0.484 e. The third-order valence-electron chi connectivity index (χ3n) is 4.48. The molecule has 5 nitrogen and oxygen atoms in total. The number of rotatable bonds is 6. The Bertz CT molecular complexity index is 711. The molecule has 0 radical (unpaired) electrons. The molecule has 1 fully saturated rings. The van der Waals surface area contributed by atoms with Gasteiger partial charge in [0.25, 0.3) is 5.91 Å². The van der Waals surface area contributed by atoms with Gasteiger partial charge in [0, 0.05) is 43.4 Å². The van der Waals surface area contributed by atoms with E-state index in [9.17, 15) is 4.79 Å². The first-order valence-corrected chi connectivity index (χ1v) is 9.15. The number of nitrogens with one attached hydrogen (secondary N) is 1. The van der Waals surface area contributed by atoms with E-state index in [1.165, 1.54) is 5.69 Å². The van der Waals surface area contributed by atoms with Crippen molar-refractivity contribution < 1.29 is 9.53 Å². The maximum Gasteiger partial charge on any atom is 0.258 e. The Morgan fingerprint density at radius 3 is 2.35 bits per heavy atom. The summed E-state index contributed by atoms with van der Waals surface area (Å²) < 4.78 is 5.44. The predicted molar refractivity (Wildman–Crippen MR) is 105 cm³/mol. The van der Waals surface area contributed by atoms with Gasteiger partial charge in [-0.05, 0) is 49.0 Å². The standard InChI is InChI=1S/C20H24ClN3O2/c1-23-10-12-24(13-11-23)18-6-2-16(3-7-18)14-22-20(25)15-26-19-8-4-17(21)5-9-19/h2-9H,10-15H2,1H3,(H,22,25). The van der Waals surface area contributed by atoms with Crippen LogP contribution in [0.2, 0.25) is 5.02 Å². The first-order valence-electron chi connectivity index (χ1n) is 8.78. The van der Waals surface area contributed by atoms with Gasteiger partial charge >= 0.3 is 0 Å². The summed E-state index contributed by atoms with van der Waals surface area (Å²) in [5, 5.41) is 3.52. The highest BCUT2D eigenvalue weighted by Crippen LogP contribution is 2.17. The topological polar surface area (TPSA) is 44.8 Å². The lowest BCUT2D eigenvalue weighted by Crippen LogP contribution is -2.44. The lowest BCUT2D eigenvalue weighted by molar-refractivity contribution is -0.123. The van der Waals surface area contributed by atoms with Crippen LogP contribution in [-0.4, -0.2) is 50.6 Å². The van der Waals surface area contributed by atoms with Crippen LogP contribution in [0.5, 0.6) is 5.75 Å². The van der Waals surface area contributed by atoms with E-state index >= 15 is 0 Å². The molecule has 2 aromatic rings. The van der Waals surface area contributed by atoms with Gasteiger partial charge < -0.3 is 19.9 Å². The lowest BCUT2D eigenvalue weighted by Gasteiger charge is -2.34. The zero-order valence-corrected chi connectivity index (χ0v) is 15.7. The second-order valence-corrected chi connectivity index (χ2v) is 6.91. The normalized spacial score (nSPS) is 14.9. The molecule has 2 aromatic carbocycles. The Labute approximate surface area is 159 Å². The molecular formula is C20H24ClN3O2. The Morgan fingerprint density at radius 2 is 1.69 bits per heavy atom. The van der Waals surface area contributed by atoms with Gasteiger partial charge in [0.05, 0.1) is 0 Å². The number of nitrogens with zero attached hydrogens (tertiary/aromatic N) is 2. The molecule has 26 heavy (non-hydrogen) atoms. The quantitative estimate of drug-likeness (QED) is 0.845. The zero-order valence-electron chi connectivity index (χ0n) is 15.0. The van der Waals surface area contributed by atoms with Gasteiger partial charge in [-0.25, -0.2) is 0 Å². The summed E-state index contributed by atoms with van der Waals surface area (Å²) in [5.74, 6) is 0.476. The number of amides is 1. The fourth-order valence-electron chi connectivity index (χ4n) is 2.82. The molecule has 1 amide bonds. The molecule has 1 aliphatic heterocycles. The Hall–Kier alpha value is -2.24. The van der Waals surface area contributed by atoms with E-state index in [1.807, 2.05) is 0 Å². The zero-order chi connectivity index (χ0) is 18.4. The lowest BCUT2D eigenvalue weighted by atomic mass is 10.2. The Kier molecular flexibility index (Phi) is 6.36. The molecule has 0 spiro atoms. The average molecular weight is 374 g/mol. The second-order valence-electron chi connectivity index (χ2n) is 6.48. The number of carbonyl (C=O) groups excluding carboxylic acids is 1. The number of anilines is 1. The van der Waals surface area contributed by atoms with Crippen molar-refractivity contribution in [3.63, 3.8) is 0 Å². The minimum Gasteiger partial charge on any atom is -0.484 e. The summed E-state index contributed by atoms with van der Waals surface area (Å²) in [4.78, 5) is 16.7. The van der Waals surface area contributed by atoms with E-state index in [0.717, 1.165) is 31.7 Å². The summed E-state index contributed by atoms with van der Waals surface area (Å²) in [6.45, 7) is 4.76. The van der Waals surface area contributed by atoms with Crippen LogP contribution < -0.4 is 15.0 Å². The Balaban J connectivity index is 1.42. The number of benzene rings is 2. The van der Waals surface area contributed by atoms with Gasteiger partial charge in [0.15, 0.2) is 6.61 Å². The van der Waals surface area contributed by atoms with Crippen LogP contribution in [-0.2, 0) is 11.3 Å². The molecule has 0 saturated carbocycles. The summed E-state index contributed by atoms with van der Waals surface area (Å²) in [7, 11) is 2.15. The van der Waals surface area contributed by atoms with Crippen LogP contribution in [0, 0.1) is 0 Å². The molecule has 1 aliphatic rings. The molecule has 0 bridgehead atoms. The molecule has 0 unspecified atom stereocenters. The number of hydrogen-bond acceptors (Lipinski definition) is 4. The van der Waals surface area contributed by atoms with Gasteiger partial charge in [-0.15, -0.1) is 0 Å². The molecule has 6 heteroatoms. The fourth-order valence-corrected chi connectivity index (χ4v) is 2.95. The van der Waals surface area contributed by atoms with Crippen LogP contribution in [0.3, 0.4) is 0 Å². The number of likely N-dealkylation sites (N-methyl/N-ethyl adjacent to an activating group) is 1. The summed E-state index contributed by atoms with van der Waals surface area (Å²) >= 11 is 5.82. The van der Waals surface area contributed by atoms with Crippen LogP contribution in [0.4, 0.5) is 5.69 Å². The van der Waals surface area contributed by atoms with Gasteiger partial charge in [-0.1, -0.05) is 23.7 Å². The maximum atomic E-state index is 11.9. The highest BCUT2D eigenvalue weighted by molar-refractivity contribution is 6.30. The monoisotopic (exact) mass is 373 g/mol. The minimum atomic E-state index is -0.150. The van der Waals surface area contributed by atoms with E-state index in [2.05, 4.69) is 46.4 Å². The molecular weight excluding hydrogens is 350 g/mol. The average Bonchev–Trinajstić information content (AvgIpc) is 2.67. The van der Waals surface area contributed by atoms with Crippen LogP contribution in [0.25, 0.3) is 0 Å². The highest BCUT2D eigenvalue weighted by atomic mass is 35.5. The molecule has 1 heterocycles. The summed E-state index contributed by atoms with van der Waals surface area (Å²) in [5.41, 5.74) is 2.31. The maximum absolute atomic E-state index is 11.9. The van der Waals surface area contributed by atoms with E-state index in [4.69, 9.17) is 16.3 Å².